The number of esters is 1. The van der Waals surface area contributed by atoms with E-state index in [9.17, 15) is 9.90 Å². The van der Waals surface area contributed by atoms with E-state index >= 15 is 0 Å². The molecular formula is C20H19NO4. The molecule has 0 bridgehead atoms. The van der Waals surface area contributed by atoms with Gasteiger partial charge in [-0.25, -0.2) is 9.78 Å². The molecule has 3 aromatic rings. The molecule has 1 aromatic heterocycles. The number of oxazole rings is 1. The van der Waals surface area contributed by atoms with Crippen LogP contribution in [0.4, 0.5) is 0 Å². The Hall–Kier alpha value is -2.92. The van der Waals surface area contributed by atoms with Crippen LogP contribution >= 0.6 is 0 Å². The van der Waals surface area contributed by atoms with Crippen molar-refractivity contribution in [3.63, 3.8) is 0 Å². The maximum absolute atomic E-state index is 12.4. The molecule has 0 aliphatic carbocycles. The van der Waals surface area contributed by atoms with E-state index in [0.29, 0.717) is 17.2 Å². The van der Waals surface area contributed by atoms with E-state index in [1.807, 2.05) is 36.4 Å². The van der Waals surface area contributed by atoms with Crippen molar-refractivity contribution in [1.29, 1.82) is 0 Å². The van der Waals surface area contributed by atoms with Gasteiger partial charge in [-0.3, -0.25) is 0 Å². The van der Waals surface area contributed by atoms with Gasteiger partial charge in [0.2, 0.25) is 5.89 Å². The molecule has 3 rings (SSSR count). The van der Waals surface area contributed by atoms with Crippen LogP contribution < -0.4 is 0 Å². The van der Waals surface area contributed by atoms with Gasteiger partial charge in [-0.15, -0.1) is 0 Å². The maximum atomic E-state index is 12.4. The molecule has 0 spiro atoms. The molecule has 0 radical (unpaired) electrons. The van der Waals surface area contributed by atoms with Crippen LogP contribution in [-0.2, 0) is 21.6 Å². The monoisotopic (exact) mass is 337 g/mol. The fourth-order valence-corrected chi connectivity index (χ4v) is 2.61. The molecule has 0 saturated heterocycles. The highest BCUT2D eigenvalue weighted by molar-refractivity contribution is 5.81. The summed E-state index contributed by atoms with van der Waals surface area (Å²) in [5, 5.41) is 11.1. The first-order chi connectivity index (χ1) is 12.1. The minimum atomic E-state index is -1.83. The molecule has 1 atom stereocenters. The molecule has 0 unspecified atom stereocenters. The van der Waals surface area contributed by atoms with Crippen molar-refractivity contribution in [3.05, 3.63) is 78.2 Å². The summed E-state index contributed by atoms with van der Waals surface area (Å²) in [5.41, 5.74) is -0.552. The number of carbonyl (C=O) groups is 1. The largest absolute Gasteiger partial charge is 0.464 e. The highest BCUT2D eigenvalue weighted by atomic mass is 16.5. The Morgan fingerprint density at radius 1 is 1.12 bits per heavy atom. The zero-order chi connectivity index (χ0) is 17.7. The van der Waals surface area contributed by atoms with Crippen LogP contribution in [0.5, 0.6) is 0 Å². The first-order valence-corrected chi connectivity index (χ1v) is 8.08. The highest BCUT2D eigenvalue weighted by Crippen LogP contribution is 2.29. The first kappa shape index (κ1) is 16.9. The van der Waals surface area contributed by atoms with E-state index in [1.54, 1.807) is 31.2 Å². The Labute approximate surface area is 145 Å². The Bertz CT molecular complexity index is 829. The molecule has 2 aromatic carbocycles. The Balaban J connectivity index is 1.91. The van der Waals surface area contributed by atoms with Gasteiger partial charge >= 0.3 is 5.97 Å². The lowest BCUT2D eigenvalue weighted by Crippen LogP contribution is -2.39. The third-order valence-corrected chi connectivity index (χ3v) is 3.87. The minimum absolute atomic E-state index is 0.0598. The normalized spacial score (nSPS) is 13.2. The van der Waals surface area contributed by atoms with Crippen LogP contribution in [0, 0.1) is 0 Å². The van der Waals surface area contributed by atoms with Gasteiger partial charge in [0.15, 0.2) is 5.60 Å². The summed E-state index contributed by atoms with van der Waals surface area (Å²) in [6, 6.07) is 18.1. The second-order valence-corrected chi connectivity index (χ2v) is 5.62. The summed E-state index contributed by atoms with van der Waals surface area (Å²) in [6.45, 7) is 1.88. The number of nitrogens with zero attached hydrogens (tertiary/aromatic N) is 1. The van der Waals surface area contributed by atoms with Crippen LogP contribution in [0.25, 0.3) is 11.5 Å². The number of hydrogen-bond acceptors (Lipinski definition) is 5. The van der Waals surface area contributed by atoms with E-state index < -0.39 is 11.6 Å². The minimum Gasteiger partial charge on any atom is -0.464 e. The summed E-state index contributed by atoms with van der Waals surface area (Å²) in [7, 11) is 0. The standard InChI is InChI=1S/C20H19NO4/c1-2-24-19(22)20(23,16-11-7-4-8-12-16)13-17-14-21-18(25-17)15-9-5-3-6-10-15/h3-12,14,23H,2,13H2,1H3/t20-/m0/s1. The molecular weight excluding hydrogens is 318 g/mol. The molecule has 0 amide bonds. The van der Waals surface area contributed by atoms with Crippen LogP contribution in [0.2, 0.25) is 0 Å². The molecule has 0 fully saturated rings. The molecule has 5 heteroatoms. The Kier molecular flexibility index (Phi) is 4.95. The summed E-state index contributed by atoms with van der Waals surface area (Å²) in [6.07, 6.45) is 1.46. The van der Waals surface area contributed by atoms with Gasteiger partial charge < -0.3 is 14.3 Å². The predicted molar refractivity (Wildman–Crippen MR) is 92.6 cm³/mol. The van der Waals surface area contributed by atoms with Crippen molar-refractivity contribution in [1.82, 2.24) is 4.98 Å². The number of aliphatic hydroxyl groups is 1. The third-order valence-electron chi connectivity index (χ3n) is 3.87. The lowest BCUT2D eigenvalue weighted by molar-refractivity contribution is -0.166. The quantitative estimate of drug-likeness (QED) is 0.699. The fourth-order valence-electron chi connectivity index (χ4n) is 2.61. The molecule has 1 N–H and O–H groups in total. The van der Waals surface area contributed by atoms with E-state index in [2.05, 4.69) is 4.98 Å². The molecule has 0 aliphatic rings. The van der Waals surface area contributed by atoms with Gasteiger partial charge in [-0.05, 0) is 24.6 Å². The van der Waals surface area contributed by atoms with Gasteiger partial charge in [0, 0.05) is 5.56 Å². The summed E-state index contributed by atoms with van der Waals surface area (Å²) in [4.78, 5) is 16.7. The number of rotatable bonds is 6. The van der Waals surface area contributed by atoms with Crippen LogP contribution in [-0.4, -0.2) is 22.7 Å². The second-order valence-electron chi connectivity index (χ2n) is 5.62. The van der Waals surface area contributed by atoms with Crippen molar-refractivity contribution in [3.8, 4) is 11.5 Å². The summed E-state index contributed by atoms with van der Waals surface area (Å²) in [5.74, 6) is 0.131. The number of ether oxygens (including phenoxy) is 1. The average molecular weight is 337 g/mol. The Morgan fingerprint density at radius 2 is 1.76 bits per heavy atom. The van der Waals surface area contributed by atoms with E-state index in [0.717, 1.165) is 5.56 Å². The molecule has 5 nitrogen and oxygen atoms in total. The molecule has 1 heterocycles. The molecule has 25 heavy (non-hydrogen) atoms. The summed E-state index contributed by atoms with van der Waals surface area (Å²) >= 11 is 0. The number of benzene rings is 2. The molecule has 0 aliphatic heterocycles. The first-order valence-electron chi connectivity index (χ1n) is 8.08. The van der Waals surface area contributed by atoms with Crippen LogP contribution in [0.1, 0.15) is 18.2 Å². The van der Waals surface area contributed by atoms with Gasteiger partial charge in [0.25, 0.3) is 0 Å². The fraction of sp³-hybridized carbons (Fsp3) is 0.200. The van der Waals surface area contributed by atoms with Crippen molar-refractivity contribution in [2.24, 2.45) is 0 Å². The Morgan fingerprint density at radius 3 is 2.40 bits per heavy atom. The summed E-state index contributed by atoms with van der Waals surface area (Å²) < 4.78 is 10.8. The smallest absolute Gasteiger partial charge is 0.343 e. The van der Waals surface area contributed by atoms with E-state index in [4.69, 9.17) is 9.15 Å². The lowest BCUT2D eigenvalue weighted by Gasteiger charge is -2.25. The number of aromatic nitrogens is 1. The second kappa shape index (κ2) is 7.32. The molecule has 128 valence electrons. The van der Waals surface area contributed by atoms with Gasteiger partial charge in [-0.1, -0.05) is 48.5 Å². The van der Waals surface area contributed by atoms with Crippen molar-refractivity contribution >= 4 is 5.97 Å². The highest BCUT2D eigenvalue weighted by Gasteiger charge is 2.41. The van der Waals surface area contributed by atoms with Gasteiger partial charge in [0.1, 0.15) is 5.76 Å². The third kappa shape index (κ3) is 3.61. The van der Waals surface area contributed by atoms with Crippen LogP contribution in [0.3, 0.4) is 0 Å². The van der Waals surface area contributed by atoms with Crippen molar-refractivity contribution in [2.75, 3.05) is 6.61 Å². The SMILES string of the molecule is CCOC(=O)[C@](O)(Cc1cnc(-c2ccccc2)o1)c1ccccc1. The lowest BCUT2D eigenvalue weighted by atomic mass is 9.89. The van der Waals surface area contributed by atoms with Crippen LogP contribution in [0.15, 0.2) is 71.3 Å². The maximum Gasteiger partial charge on any atom is 0.343 e. The van der Waals surface area contributed by atoms with E-state index in [1.165, 1.54) is 6.20 Å². The number of hydrogen-bond donors (Lipinski definition) is 1. The predicted octanol–water partition coefficient (Wildman–Crippen LogP) is 3.34. The van der Waals surface area contributed by atoms with Crippen molar-refractivity contribution < 1.29 is 19.1 Å². The molecule has 0 saturated carbocycles. The zero-order valence-electron chi connectivity index (χ0n) is 13.9. The van der Waals surface area contributed by atoms with Gasteiger partial charge in [0.05, 0.1) is 19.2 Å². The average Bonchev–Trinajstić information content (AvgIpc) is 3.11. The topological polar surface area (TPSA) is 72.6 Å². The van der Waals surface area contributed by atoms with Gasteiger partial charge in [-0.2, -0.15) is 0 Å². The van der Waals surface area contributed by atoms with E-state index in [-0.39, 0.29) is 13.0 Å². The number of carbonyl (C=O) groups excluding carboxylic acids is 1. The zero-order valence-corrected chi connectivity index (χ0v) is 13.9. The van der Waals surface area contributed by atoms with Crippen molar-refractivity contribution in [2.45, 2.75) is 18.9 Å².